The maximum absolute atomic E-state index is 11.8. The van der Waals surface area contributed by atoms with E-state index in [2.05, 4.69) is 5.32 Å². The monoisotopic (exact) mass is 268 g/mol. The first-order valence-electron chi connectivity index (χ1n) is 6.04. The van der Waals surface area contributed by atoms with E-state index in [9.17, 15) is 4.79 Å². The van der Waals surface area contributed by atoms with Crippen LogP contribution < -0.4 is 11.1 Å². The van der Waals surface area contributed by atoms with Gasteiger partial charge in [-0.1, -0.05) is 23.7 Å². The van der Waals surface area contributed by atoms with Crippen molar-refractivity contribution >= 4 is 23.2 Å². The molecule has 1 saturated heterocycles. The molecule has 1 aromatic rings. The molecule has 1 aliphatic heterocycles. The topological polar surface area (TPSA) is 64.4 Å². The first-order valence-corrected chi connectivity index (χ1v) is 6.42. The number of hydrogen-bond acceptors (Lipinski definition) is 3. The van der Waals surface area contributed by atoms with Gasteiger partial charge in [0, 0.05) is 19.6 Å². The fourth-order valence-electron chi connectivity index (χ4n) is 2.20. The van der Waals surface area contributed by atoms with Crippen LogP contribution in [0.25, 0.3) is 0 Å². The van der Waals surface area contributed by atoms with Crippen LogP contribution in [0.4, 0.5) is 5.69 Å². The molecular weight excluding hydrogens is 252 g/mol. The zero-order valence-electron chi connectivity index (χ0n) is 10.1. The maximum atomic E-state index is 11.8. The van der Waals surface area contributed by atoms with Crippen molar-refractivity contribution in [3.63, 3.8) is 0 Å². The van der Waals surface area contributed by atoms with Crippen molar-refractivity contribution in [3.05, 3.63) is 29.3 Å². The Kier molecular flexibility index (Phi) is 4.09. The van der Waals surface area contributed by atoms with Crippen LogP contribution in [0.2, 0.25) is 5.02 Å². The fourth-order valence-corrected chi connectivity index (χ4v) is 2.39. The van der Waals surface area contributed by atoms with E-state index in [1.54, 1.807) is 6.07 Å². The number of carbonyl (C=O) groups is 1. The van der Waals surface area contributed by atoms with Crippen LogP contribution in [0.5, 0.6) is 0 Å². The van der Waals surface area contributed by atoms with Crippen LogP contribution in [0.15, 0.2) is 24.3 Å². The summed E-state index contributed by atoms with van der Waals surface area (Å²) in [7, 11) is 0. The number of ether oxygens (including phenoxy) is 1. The first-order chi connectivity index (χ1) is 8.64. The number of hydrogen-bond donors (Lipinski definition) is 2. The average molecular weight is 269 g/mol. The SMILES string of the molecule is NC(=O)C1(Nc2ccccc2Cl)CCCOCC1. The zero-order chi connectivity index (χ0) is 13.0. The minimum Gasteiger partial charge on any atom is -0.381 e. The Morgan fingerprint density at radius 1 is 1.33 bits per heavy atom. The van der Waals surface area contributed by atoms with Gasteiger partial charge in [0.2, 0.25) is 5.91 Å². The Morgan fingerprint density at radius 3 is 2.83 bits per heavy atom. The van der Waals surface area contributed by atoms with Crippen LogP contribution in [0.3, 0.4) is 0 Å². The van der Waals surface area contributed by atoms with E-state index in [-0.39, 0.29) is 5.91 Å². The minimum absolute atomic E-state index is 0.354. The number of benzene rings is 1. The number of primary amides is 1. The number of halogens is 1. The molecule has 0 spiro atoms. The van der Waals surface area contributed by atoms with Gasteiger partial charge in [-0.05, 0) is 25.0 Å². The summed E-state index contributed by atoms with van der Waals surface area (Å²) >= 11 is 6.11. The van der Waals surface area contributed by atoms with Crippen molar-refractivity contribution in [1.82, 2.24) is 0 Å². The highest BCUT2D eigenvalue weighted by molar-refractivity contribution is 6.33. The molecule has 1 aromatic carbocycles. The molecule has 18 heavy (non-hydrogen) atoms. The minimum atomic E-state index is -0.762. The third-order valence-electron chi connectivity index (χ3n) is 3.28. The van der Waals surface area contributed by atoms with E-state index in [0.717, 1.165) is 12.1 Å². The Labute approximate surface area is 111 Å². The van der Waals surface area contributed by atoms with Gasteiger partial charge < -0.3 is 15.8 Å². The van der Waals surface area contributed by atoms with Gasteiger partial charge in [0.25, 0.3) is 0 Å². The molecule has 98 valence electrons. The van der Waals surface area contributed by atoms with Crippen LogP contribution in [0, 0.1) is 0 Å². The number of anilines is 1. The van der Waals surface area contributed by atoms with Gasteiger partial charge in [0.1, 0.15) is 5.54 Å². The molecule has 4 nitrogen and oxygen atoms in total. The highest BCUT2D eigenvalue weighted by Crippen LogP contribution is 2.30. The summed E-state index contributed by atoms with van der Waals surface area (Å²) in [5.74, 6) is -0.354. The molecule has 3 N–H and O–H groups in total. The third kappa shape index (κ3) is 2.76. The van der Waals surface area contributed by atoms with Crippen LogP contribution >= 0.6 is 11.6 Å². The molecule has 0 radical (unpaired) electrons. The summed E-state index contributed by atoms with van der Waals surface area (Å²) in [5, 5.41) is 3.80. The molecule has 0 aromatic heterocycles. The Bertz CT molecular complexity index is 429. The van der Waals surface area contributed by atoms with Gasteiger partial charge in [0.15, 0.2) is 0 Å². The largest absolute Gasteiger partial charge is 0.381 e. The van der Waals surface area contributed by atoms with E-state index in [4.69, 9.17) is 22.1 Å². The number of nitrogens with one attached hydrogen (secondary N) is 1. The van der Waals surface area contributed by atoms with E-state index in [1.165, 1.54) is 0 Å². The molecular formula is C13H17ClN2O2. The van der Waals surface area contributed by atoms with E-state index < -0.39 is 5.54 Å². The summed E-state index contributed by atoms with van der Waals surface area (Å²) in [5.41, 5.74) is 5.54. The lowest BCUT2D eigenvalue weighted by Gasteiger charge is -2.31. The van der Waals surface area contributed by atoms with Gasteiger partial charge in [-0.15, -0.1) is 0 Å². The highest BCUT2D eigenvalue weighted by Gasteiger charge is 2.37. The summed E-state index contributed by atoms with van der Waals surface area (Å²) in [6, 6.07) is 7.35. The Balaban J connectivity index is 2.25. The van der Waals surface area contributed by atoms with Crippen LogP contribution in [-0.4, -0.2) is 24.7 Å². The van der Waals surface area contributed by atoms with E-state index in [0.29, 0.717) is 31.1 Å². The third-order valence-corrected chi connectivity index (χ3v) is 3.61. The molecule has 1 amide bonds. The van der Waals surface area contributed by atoms with Crippen molar-refractivity contribution in [3.8, 4) is 0 Å². The van der Waals surface area contributed by atoms with Gasteiger partial charge in [-0.3, -0.25) is 4.79 Å². The maximum Gasteiger partial charge on any atom is 0.243 e. The van der Waals surface area contributed by atoms with E-state index in [1.807, 2.05) is 18.2 Å². The Hall–Kier alpha value is -1.26. The predicted molar refractivity (Wildman–Crippen MR) is 71.7 cm³/mol. The van der Waals surface area contributed by atoms with Crippen LogP contribution in [0.1, 0.15) is 19.3 Å². The lowest BCUT2D eigenvalue weighted by Crippen LogP contribution is -2.50. The highest BCUT2D eigenvalue weighted by atomic mass is 35.5. The van der Waals surface area contributed by atoms with Crippen molar-refractivity contribution in [2.24, 2.45) is 5.73 Å². The molecule has 2 rings (SSSR count). The summed E-state index contributed by atoms with van der Waals surface area (Å²) < 4.78 is 5.39. The van der Waals surface area contributed by atoms with Crippen molar-refractivity contribution < 1.29 is 9.53 Å². The number of para-hydroxylation sites is 1. The van der Waals surface area contributed by atoms with Crippen LogP contribution in [-0.2, 0) is 9.53 Å². The number of nitrogens with two attached hydrogens (primary N) is 1. The van der Waals surface area contributed by atoms with Gasteiger partial charge in [0.05, 0.1) is 10.7 Å². The normalized spacial score (nSPS) is 24.3. The fraction of sp³-hybridized carbons (Fsp3) is 0.462. The molecule has 0 aliphatic carbocycles. The predicted octanol–water partition coefficient (Wildman–Crippen LogP) is 2.18. The quantitative estimate of drug-likeness (QED) is 0.883. The summed E-state index contributed by atoms with van der Waals surface area (Å²) in [6.07, 6.45) is 2.03. The average Bonchev–Trinajstić information content (AvgIpc) is 2.59. The Morgan fingerprint density at radius 2 is 2.11 bits per heavy atom. The second-order valence-corrected chi connectivity index (χ2v) is 4.92. The second-order valence-electron chi connectivity index (χ2n) is 4.52. The molecule has 1 atom stereocenters. The molecule has 1 heterocycles. The van der Waals surface area contributed by atoms with Crippen molar-refractivity contribution in [1.29, 1.82) is 0 Å². The smallest absolute Gasteiger partial charge is 0.243 e. The molecule has 1 unspecified atom stereocenters. The second kappa shape index (κ2) is 5.59. The molecule has 0 saturated carbocycles. The van der Waals surface area contributed by atoms with E-state index >= 15 is 0 Å². The lowest BCUT2D eigenvalue weighted by molar-refractivity contribution is -0.122. The standard InChI is InChI=1S/C13H17ClN2O2/c14-10-4-1-2-5-11(10)16-13(12(15)17)6-3-8-18-9-7-13/h1-2,4-5,16H,3,6-9H2,(H2,15,17). The summed E-state index contributed by atoms with van der Waals surface area (Å²) in [4.78, 5) is 11.8. The lowest BCUT2D eigenvalue weighted by atomic mass is 9.89. The molecule has 0 bridgehead atoms. The van der Waals surface area contributed by atoms with Crippen molar-refractivity contribution in [2.75, 3.05) is 18.5 Å². The van der Waals surface area contributed by atoms with Gasteiger partial charge in [-0.25, -0.2) is 0 Å². The van der Waals surface area contributed by atoms with Gasteiger partial charge in [-0.2, -0.15) is 0 Å². The summed E-state index contributed by atoms with van der Waals surface area (Å²) in [6.45, 7) is 1.19. The number of rotatable bonds is 3. The first kappa shape index (κ1) is 13.2. The molecule has 1 fully saturated rings. The zero-order valence-corrected chi connectivity index (χ0v) is 10.9. The molecule has 1 aliphatic rings. The number of amides is 1. The molecule has 5 heteroatoms. The van der Waals surface area contributed by atoms with Gasteiger partial charge >= 0.3 is 0 Å². The number of carbonyl (C=O) groups excluding carboxylic acids is 1. The van der Waals surface area contributed by atoms with Crippen molar-refractivity contribution in [2.45, 2.75) is 24.8 Å².